The van der Waals surface area contributed by atoms with Crippen LogP contribution in [0.1, 0.15) is 19.8 Å². The topological polar surface area (TPSA) is 38.3 Å². The first kappa shape index (κ1) is 11.2. The first-order valence-electron chi connectivity index (χ1n) is 4.14. The second-order valence-electron chi connectivity index (χ2n) is 2.63. The lowest BCUT2D eigenvalue weighted by molar-refractivity contribution is -0.142. The normalized spacial score (nSPS) is 12.2. The number of esters is 1. The van der Waals surface area contributed by atoms with Crippen molar-refractivity contribution >= 4 is 5.97 Å². The Balaban J connectivity index is 3.36. The van der Waals surface area contributed by atoms with Gasteiger partial charge in [0.2, 0.25) is 0 Å². The maximum Gasteiger partial charge on any atom is 0.322 e. The lowest BCUT2D eigenvalue weighted by Crippen LogP contribution is -2.35. The summed E-state index contributed by atoms with van der Waals surface area (Å²) in [7, 11) is 1.39. The molecule has 0 saturated heterocycles. The van der Waals surface area contributed by atoms with E-state index < -0.39 is 0 Å². The third-order valence-corrected chi connectivity index (χ3v) is 1.59. The molecular weight excluding hydrogens is 154 g/mol. The van der Waals surface area contributed by atoms with Gasteiger partial charge in [-0.15, -0.1) is 6.58 Å². The minimum Gasteiger partial charge on any atom is -0.468 e. The number of nitrogens with one attached hydrogen (secondary N) is 1. The van der Waals surface area contributed by atoms with Crippen LogP contribution >= 0.6 is 0 Å². The number of allylic oxidation sites excluding steroid dienone is 1. The third-order valence-electron chi connectivity index (χ3n) is 1.59. The van der Waals surface area contributed by atoms with E-state index in [0.717, 1.165) is 19.4 Å². The van der Waals surface area contributed by atoms with E-state index in [2.05, 4.69) is 16.6 Å². The molecule has 3 nitrogen and oxygen atoms in total. The molecule has 0 fully saturated rings. The Morgan fingerprint density at radius 1 is 1.75 bits per heavy atom. The Kier molecular flexibility index (Phi) is 6.38. The minimum absolute atomic E-state index is 0.209. The van der Waals surface area contributed by atoms with Crippen molar-refractivity contribution in [3.63, 3.8) is 0 Å². The highest BCUT2D eigenvalue weighted by atomic mass is 16.5. The van der Waals surface area contributed by atoms with E-state index in [1.807, 2.05) is 6.08 Å². The van der Waals surface area contributed by atoms with E-state index in [9.17, 15) is 4.79 Å². The number of carbonyl (C=O) groups is 1. The summed E-state index contributed by atoms with van der Waals surface area (Å²) >= 11 is 0. The van der Waals surface area contributed by atoms with Crippen LogP contribution in [0.25, 0.3) is 0 Å². The molecule has 70 valence electrons. The molecule has 0 bridgehead atoms. The van der Waals surface area contributed by atoms with Crippen molar-refractivity contribution in [3.05, 3.63) is 12.7 Å². The van der Waals surface area contributed by atoms with Crippen LogP contribution in [0.4, 0.5) is 0 Å². The minimum atomic E-state index is -0.214. The first-order chi connectivity index (χ1) is 5.72. The van der Waals surface area contributed by atoms with Crippen molar-refractivity contribution in [1.82, 2.24) is 5.32 Å². The first-order valence-corrected chi connectivity index (χ1v) is 4.14. The van der Waals surface area contributed by atoms with Crippen molar-refractivity contribution in [2.75, 3.05) is 13.7 Å². The predicted molar refractivity (Wildman–Crippen MR) is 48.9 cm³/mol. The van der Waals surface area contributed by atoms with Crippen LogP contribution in [0.5, 0.6) is 0 Å². The summed E-state index contributed by atoms with van der Waals surface area (Å²) in [6.45, 7) is 6.22. The van der Waals surface area contributed by atoms with Gasteiger partial charge in [-0.3, -0.25) is 4.79 Å². The fraction of sp³-hybridized carbons (Fsp3) is 0.667. The van der Waals surface area contributed by atoms with Crippen LogP contribution in [-0.4, -0.2) is 25.7 Å². The van der Waals surface area contributed by atoms with Gasteiger partial charge in [0.15, 0.2) is 0 Å². The number of hydrogen-bond donors (Lipinski definition) is 1. The summed E-state index contributed by atoms with van der Waals surface area (Å²) in [5.74, 6) is -0.214. The van der Waals surface area contributed by atoms with Crippen molar-refractivity contribution in [2.24, 2.45) is 0 Å². The second-order valence-corrected chi connectivity index (χ2v) is 2.63. The van der Waals surface area contributed by atoms with Crippen molar-refractivity contribution in [3.8, 4) is 0 Å². The van der Waals surface area contributed by atoms with E-state index in [0.29, 0.717) is 0 Å². The molecule has 0 aliphatic heterocycles. The molecule has 1 N–H and O–H groups in total. The summed E-state index contributed by atoms with van der Waals surface area (Å²) in [4.78, 5) is 10.9. The van der Waals surface area contributed by atoms with E-state index >= 15 is 0 Å². The van der Waals surface area contributed by atoms with Gasteiger partial charge in [0.1, 0.15) is 6.04 Å². The van der Waals surface area contributed by atoms with Gasteiger partial charge in [-0.2, -0.15) is 0 Å². The third kappa shape index (κ3) is 4.91. The lowest BCUT2D eigenvalue weighted by Gasteiger charge is -2.10. The standard InChI is InChI=1S/C9H17NO2/c1-4-5-6-7-10-8(2)9(11)12-3/h4,8,10H,1,5-7H2,2-3H3. The molecule has 12 heavy (non-hydrogen) atoms. The molecule has 0 saturated carbocycles. The molecule has 0 aromatic carbocycles. The molecule has 0 aromatic heterocycles. The molecule has 0 rings (SSSR count). The Morgan fingerprint density at radius 3 is 2.92 bits per heavy atom. The number of ether oxygens (including phenoxy) is 1. The van der Waals surface area contributed by atoms with Gasteiger partial charge in [-0.05, 0) is 26.3 Å². The van der Waals surface area contributed by atoms with E-state index in [4.69, 9.17) is 0 Å². The van der Waals surface area contributed by atoms with Crippen molar-refractivity contribution < 1.29 is 9.53 Å². The summed E-state index contributed by atoms with van der Waals surface area (Å²) in [5, 5.41) is 3.05. The van der Waals surface area contributed by atoms with Crippen molar-refractivity contribution in [1.29, 1.82) is 0 Å². The SMILES string of the molecule is C=CCCCNC(C)C(=O)OC. The molecule has 1 unspecified atom stereocenters. The summed E-state index contributed by atoms with van der Waals surface area (Å²) in [6.07, 6.45) is 3.84. The molecule has 0 heterocycles. The predicted octanol–water partition coefficient (Wildman–Crippen LogP) is 1.10. The maximum absolute atomic E-state index is 10.9. The summed E-state index contributed by atoms with van der Waals surface area (Å²) in [6, 6.07) is -0.209. The average molecular weight is 171 g/mol. The van der Waals surface area contributed by atoms with Gasteiger partial charge in [-0.25, -0.2) is 0 Å². The van der Waals surface area contributed by atoms with Gasteiger partial charge in [-0.1, -0.05) is 6.08 Å². The van der Waals surface area contributed by atoms with Crippen LogP contribution in [0.15, 0.2) is 12.7 Å². The van der Waals surface area contributed by atoms with Crippen LogP contribution in [0, 0.1) is 0 Å². The number of rotatable bonds is 6. The molecule has 0 aromatic rings. The number of hydrogen-bond acceptors (Lipinski definition) is 3. The van der Waals surface area contributed by atoms with Crippen LogP contribution in [0.3, 0.4) is 0 Å². The fourth-order valence-corrected chi connectivity index (χ4v) is 0.825. The highest BCUT2D eigenvalue weighted by molar-refractivity contribution is 5.74. The second kappa shape index (κ2) is 6.85. The molecule has 0 radical (unpaired) electrons. The largest absolute Gasteiger partial charge is 0.468 e. The fourth-order valence-electron chi connectivity index (χ4n) is 0.825. The van der Waals surface area contributed by atoms with Gasteiger partial charge >= 0.3 is 5.97 Å². The molecule has 1 atom stereocenters. The molecule has 0 aliphatic carbocycles. The highest BCUT2D eigenvalue weighted by Crippen LogP contribution is 1.90. The summed E-state index contributed by atoms with van der Waals surface area (Å²) < 4.78 is 4.55. The van der Waals surface area contributed by atoms with Crippen LogP contribution < -0.4 is 5.32 Å². The quantitative estimate of drug-likeness (QED) is 0.369. The average Bonchev–Trinajstić information content (AvgIpc) is 2.10. The molecule has 0 aliphatic rings. The zero-order valence-electron chi connectivity index (χ0n) is 7.80. The smallest absolute Gasteiger partial charge is 0.322 e. The van der Waals surface area contributed by atoms with E-state index in [1.54, 1.807) is 6.92 Å². The molecule has 3 heteroatoms. The Bertz CT molecular complexity index is 145. The zero-order chi connectivity index (χ0) is 9.40. The monoisotopic (exact) mass is 171 g/mol. The molecular formula is C9H17NO2. The lowest BCUT2D eigenvalue weighted by atomic mass is 10.3. The van der Waals surface area contributed by atoms with Crippen LogP contribution in [0.2, 0.25) is 0 Å². The van der Waals surface area contributed by atoms with Gasteiger partial charge in [0.25, 0.3) is 0 Å². The number of unbranched alkanes of at least 4 members (excludes halogenated alkanes) is 1. The van der Waals surface area contributed by atoms with Gasteiger partial charge in [0, 0.05) is 0 Å². The molecule has 0 amide bonds. The van der Waals surface area contributed by atoms with Gasteiger partial charge < -0.3 is 10.1 Å². The van der Waals surface area contributed by atoms with E-state index in [-0.39, 0.29) is 12.0 Å². The zero-order valence-corrected chi connectivity index (χ0v) is 7.80. The number of carbonyl (C=O) groups excluding carboxylic acids is 1. The van der Waals surface area contributed by atoms with Gasteiger partial charge in [0.05, 0.1) is 7.11 Å². The number of methoxy groups -OCH3 is 1. The summed E-state index contributed by atoms with van der Waals surface area (Å²) in [5.41, 5.74) is 0. The van der Waals surface area contributed by atoms with Crippen LogP contribution in [-0.2, 0) is 9.53 Å². The maximum atomic E-state index is 10.9. The highest BCUT2D eigenvalue weighted by Gasteiger charge is 2.10. The van der Waals surface area contributed by atoms with E-state index in [1.165, 1.54) is 7.11 Å². The Hall–Kier alpha value is -0.830. The molecule has 0 spiro atoms. The van der Waals surface area contributed by atoms with Crippen molar-refractivity contribution in [2.45, 2.75) is 25.8 Å². The Morgan fingerprint density at radius 2 is 2.42 bits per heavy atom. The Labute approximate surface area is 73.8 Å².